The van der Waals surface area contributed by atoms with Gasteiger partial charge in [-0.2, -0.15) is 0 Å². The van der Waals surface area contributed by atoms with Gasteiger partial charge >= 0.3 is 0 Å². The normalized spacial score (nSPS) is 30.8. The molecule has 2 heterocycles. The first-order chi connectivity index (χ1) is 8.09. The van der Waals surface area contributed by atoms with E-state index in [1.54, 1.807) is 0 Å². The molecule has 2 aliphatic rings. The molecule has 17 heavy (non-hydrogen) atoms. The first-order valence-corrected chi connectivity index (χ1v) is 8.57. The zero-order valence-electron chi connectivity index (χ0n) is 10.7. The van der Waals surface area contributed by atoms with Gasteiger partial charge in [0.1, 0.15) is 0 Å². The standard InChI is InChI=1S/C12H24N2O2S/c1-2-13-12-3-6-14(7-4-12)9-11-5-8-17(15,16)10-11/h11-13H,2-10H2,1H3. The smallest absolute Gasteiger partial charge is 0.150 e. The second-order valence-corrected chi connectivity index (χ2v) is 7.63. The number of nitrogens with one attached hydrogen (secondary N) is 1. The van der Waals surface area contributed by atoms with Gasteiger partial charge in [-0.15, -0.1) is 0 Å². The predicted octanol–water partition coefficient (Wildman–Crippen LogP) is 0.495. The highest BCUT2D eigenvalue weighted by Gasteiger charge is 2.30. The quantitative estimate of drug-likeness (QED) is 0.799. The topological polar surface area (TPSA) is 49.4 Å². The van der Waals surface area contributed by atoms with Gasteiger partial charge in [-0.3, -0.25) is 0 Å². The molecular formula is C12H24N2O2S. The van der Waals surface area contributed by atoms with Gasteiger partial charge in [0.05, 0.1) is 11.5 Å². The van der Waals surface area contributed by atoms with E-state index >= 15 is 0 Å². The Balaban J connectivity index is 1.72. The van der Waals surface area contributed by atoms with Crippen LogP contribution in [0.4, 0.5) is 0 Å². The molecule has 0 aromatic heterocycles. The van der Waals surface area contributed by atoms with E-state index in [2.05, 4.69) is 17.1 Å². The third-order valence-electron chi connectivity index (χ3n) is 3.92. The number of sulfone groups is 1. The number of nitrogens with zero attached hydrogens (tertiary/aromatic N) is 1. The van der Waals surface area contributed by atoms with Crippen molar-refractivity contribution in [2.24, 2.45) is 5.92 Å². The van der Waals surface area contributed by atoms with Gasteiger partial charge in [-0.25, -0.2) is 8.42 Å². The Morgan fingerprint density at radius 2 is 1.94 bits per heavy atom. The molecule has 2 rings (SSSR count). The second kappa shape index (κ2) is 5.67. The van der Waals surface area contributed by atoms with Crippen molar-refractivity contribution < 1.29 is 8.42 Å². The van der Waals surface area contributed by atoms with Crippen LogP contribution in [0.1, 0.15) is 26.2 Å². The maximum atomic E-state index is 11.4. The van der Waals surface area contributed by atoms with Crippen molar-refractivity contribution in [3.8, 4) is 0 Å². The van der Waals surface area contributed by atoms with E-state index < -0.39 is 9.84 Å². The van der Waals surface area contributed by atoms with Crippen LogP contribution in [0.3, 0.4) is 0 Å². The Morgan fingerprint density at radius 3 is 2.47 bits per heavy atom. The summed E-state index contributed by atoms with van der Waals surface area (Å²) in [6.45, 7) is 6.42. The average molecular weight is 260 g/mol. The molecular weight excluding hydrogens is 236 g/mol. The minimum atomic E-state index is -2.70. The van der Waals surface area contributed by atoms with Crippen LogP contribution >= 0.6 is 0 Å². The molecule has 2 fully saturated rings. The van der Waals surface area contributed by atoms with Crippen molar-refractivity contribution in [1.82, 2.24) is 10.2 Å². The summed E-state index contributed by atoms with van der Waals surface area (Å²) in [5.41, 5.74) is 0. The molecule has 2 aliphatic heterocycles. The number of likely N-dealkylation sites (tertiary alicyclic amines) is 1. The zero-order valence-corrected chi connectivity index (χ0v) is 11.5. The maximum Gasteiger partial charge on any atom is 0.150 e. The molecule has 1 unspecified atom stereocenters. The fourth-order valence-electron chi connectivity index (χ4n) is 2.99. The zero-order chi connectivity index (χ0) is 12.3. The summed E-state index contributed by atoms with van der Waals surface area (Å²) in [6.07, 6.45) is 3.27. The summed E-state index contributed by atoms with van der Waals surface area (Å²) in [6, 6.07) is 0.670. The van der Waals surface area contributed by atoms with Crippen molar-refractivity contribution in [2.45, 2.75) is 32.2 Å². The lowest BCUT2D eigenvalue weighted by molar-refractivity contribution is 0.178. The van der Waals surface area contributed by atoms with Crippen LogP contribution in [0.2, 0.25) is 0 Å². The molecule has 0 aromatic carbocycles. The van der Waals surface area contributed by atoms with Gasteiger partial charge in [-0.05, 0) is 44.8 Å². The molecule has 1 atom stereocenters. The minimum absolute atomic E-state index is 0.385. The maximum absolute atomic E-state index is 11.4. The summed E-state index contributed by atoms with van der Waals surface area (Å²) in [7, 11) is -2.70. The van der Waals surface area contributed by atoms with Gasteiger partial charge in [0.25, 0.3) is 0 Å². The predicted molar refractivity (Wildman–Crippen MR) is 69.9 cm³/mol. The number of piperidine rings is 1. The number of hydrogen-bond donors (Lipinski definition) is 1. The van der Waals surface area contributed by atoms with Gasteiger partial charge in [0.2, 0.25) is 0 Å². The Kier molecular flexibility index (Phi) is 4.44. The van der Waals surface area contributed by atoms with E-state index in [1.165, 1.54) is 12.8 Å². The number of rotatable bonds is 4. The highest BCUT2D eigenvalue weighted by atomic mass is 32.2. The summed E-state index contributed by atoms with van der Waals surface area (Å²) in [5.74, 6) is 1.21. The summed E-state index contributed by atoms with van der Waals surface area (Å²) < 4.78 is 22.8. The molecule has 100 valence electrons. The van der Waals surface area contributed by atoms with Crippen LogP contribution in [0.15, 0.2) is 0 Å². The van der Waals surface area contributed by atoms with Gasteiger partial charge in [0, 0.05) is 12.6 Å². The third-order valence-corrected chi connectivity index (χ3v) is 5.76. The Labute approximate surface area is 105 Å². The van der Waals surface area contributed by atoms with Gasteiger partial charge in [-0.1, -0.05) is 6.92 Å². The molecule has 0 spiro atoms. The highest BCUT2D eigenvalue weighted by molar-refractivity contribution is 7.91. The van der Waals surface area contributed by atoms with E-state index in [0.717, 1.165) is 32.6 Å². The van der Waals surface area contributed by atoms with Crippen LogP contribution in [-0.4, -0.2) is 57.0 Å². The van der Waals surface area contributed by atoms with Crippen LogP contribution < -0.4 is 5.32 Å². The summed E-state index contributed by atoms with van der Waals surface area (Å²) in [5, 5.41) is 3.49. The van der Waals surface area contributed by atoms with Crippen molar-refractivity contribution in [1.29, 1.82) is 0 Å². The third kappa shape index (κ3) is 3.93. The second-order valence-electron chi connectivity index (χ2n) is 5.40. The van der Waals surface area contributed by atoms with Crippen LogP contribution in [-0.2, 0) is 9.84 Å². The van der Waals surface area contributed by atoms with E-state index in [0.29, 0.717) is 23.5 Å². The van der Waals surface area contributed by atoms with Crippen molar-refractivity contribution in [3.05, 3.63) is 0 Å². The van der Waals surface area contributed by atoms with E-state index in [9.17, 15) is 8.42 Å². The van der Waals surface area contributed by atoms with E-state index in [-0.39, 0.29) is 0 Å². The Bertz CT molecular complexity index is 334. The molecule has 5 heteroatoms. The molecule has 0 amide bonds. The van der Waals surface area contributed by atoms with Crippen LogP contribution in [0.25, 0.3) is 0 Å². The average Bonchev–Trinajstić information content (AvgIpc) is 2.61. The molecule has 2 saturated heterocycles. The fourth-order valence-corrected chi connectivity index (χ4v) is 4.84. The van der Waals surface area contributed by atoms with E-state index in [4.69, 9.17) is 0 Å². The Morgan fingerprint density at radius 1 is 1.24 bits per heavy atom. The van der Waals surface area contributed by atoms with Gasteiger partial charge < -0.3 is 10.2 Å². The monoisotopic (exact) mass is 260 g/mol. The first-order valence-electron chi connectivity index (χ1n) is 6.75. The van der Waals surface area contributed by atoms with Gasteiger partial charge in [0.15, 0.2) is 9.84 Å². The molecule has 0 aromatic rings. The molecule has 0 bridgehead atoms. The lowest BCUT2D eigenvalue weighted by Gasteiger charge is -2.33. The van der Waals surface area contributed by atoms with E-state index in [1.807, 2.05) is 0 Å². The van der Waals surface area contributed by atoms with Crippen LogP contribution in [0, 0.1) is 5.92 Å². The summed E-state index contributed by atoms with van der Waals surface area (Å²) >= 11 is 0. The lowest BCUT2D eigenvalue weighted by Crippen LogP contribution is -2.44. The SMILES string of the molecule is CCNC1CCN(CC2CCS(=O)(=O)C2)CC1. The largest absolute Gasteiger partial charge is 0.314 e. The highest BCUT2D eigenvalue weighted by Crippen LogP contribution is 2.21. The van der Waals surface area contributed by atoms with Crippen LogP contribution in [0.5, 0.6) is 0 Å². The molecule has 0 saturated carbocycles. The Hall–Kier alpha value is -0.130. The lowest BCUT2D eigenvalue weighted by atomic mass is 10.0. The summed E-state index contributed by atoms with van der Waals surface area (Å²) in [4.78, 5) is 2.44. The van der Waals surface area contributed by atoms with Crippen molar-refractivity contribution in [3.63, 3.8) is 0 Å². The fraction of sp³-hybridized carbons (Fsp3) is 1.00. The minimum Gasteiger partial charge on any atom is -0.314 e. The first kappa shape index (κ1) is 13.3. The molecule has 0 radical (unpaired) electrons. The number of hydrogen-bond acceptors (Lipinski definition) is 4. The van der Waals surface area contributed by atoms with Crippen molar-refractivity contribution in [2.75, 3.05) is 37.7 Å². The molecule has 4 nitrogen and oxygen atoms in total. The van der Waals surface area contributed by atoms with Crippen molar-refractivity contribution >= 4 is 9.84 Å². The molecule has 0 aliphatic carbocycles. The molecule has 1 N–H and O–H groups in total.